The molecule has 0 saturated heterocycles. The Hall–Kier alpha value is -3.16. The molecular weight excluding hydrogens is 278 g/mol. The number of anilines is 1. The van der Waals surface area contributed by atoms with E-state index in [4.69, 9.17) is 9.84 Å². The maximum absolute atomic E-state index is 11.9. The molecule has 1 heterocycles. The molecule has 3 N–H and O–H groups in total. The lowest BCUT2D eigenvalue weighted by atomic mass is 10.3. The standard InChI is InChI=1S/C13H11N3O5/c17-11-5-4-10(15-16-11)13(20)14-8-2-1-3-9(6-8)21-7-12(18)19/h1-6H,7H2,(H,14,20)(H,16,17)(H,18,19). The van der Waals surface area contributed by atoms with Gasteiger partial charge in [0.05, 0.1) is 0 Å². The molecule has 0 spiro atoms. The molecule has 8 nitrogen and oxygen atoms in total. The van der Waals surface area contributed by atoms with E-state index in [9.17, 15) is 14.4 Å². The molecule has 108 valence electrons. The van der Waals surface area contributed by atoms with E-state index in [-0.39, 0.29) is 5.69 Å². The van der Waals surface area contributed by atoms with Gasteiger partial charge in [-0.15, -0.1) is 0 Å². The number of nitrogens with zero attached hydrogens (tertiary/aromatic N) is 1. The zero-order chi connectivity index (χ0) is 15.2. The Balaban J connectivity index is 2.06. The van der Waals surface area contributed by atoms with Crippen LogP contribution in [-0.4, -0.2) is 33.8 Å². The van der Waals surface area contributed by atoms with Gasteiger partial charge in [0, 0.05) is 17.8 Å². The molecule has 0 aliphatic carbocycles. The highest BCUT2D eigenvalue weighted by molar-refractivity contribution is 6.02. The summed E-state index contributed by atoms with van der Waals surface area (Å²) in [5.41, 5.74) is 0.0537. The first-order chi connectivity index (χ1) is 10.0. The fourth-order valence-corrected chi connectivity index (χ4v) is 1.47. The van der Waals surface area contributed by atoms with Crippen LogP contribution in [-0.2, 0) is 4.79 Å². The third kappa shape index (κ3) is 4.16. The minimum absolute atomic E-state index is 0.0476. The van der Waals surface area contributed by atoms with Gasteiger partial charge in [-0.25, -0.2) is 9.89 Å². The quantitative estimate of drug-likeness (QED) is 0.736. The molecule has 21 heavy (non-hydrogen) atoms. The summed E-state index contributed by atoms with van der Waals surface area (Å²) in [5, 5.41) is 16.8. The van der Waals surface area contributed by atoms with E-state index in [1.54, 1.807) is 18.2 Å². The van der Waals surface area contributed by atoms with Crippen molar-refractivity contribution in [3.8, 4) is 5.75 Å². The molecule has 0 bridgehead atoms. The summed E-state index contributed by atoms with van der Waals surface area (Å²) in [7, 11) is 0. The number of aliphatic carboxylic acids is 1. The minimum atomic E-state index is -1.10. The summed E-state index contributed by atoms with van der Waals surface area (Å²) >= 11 is 0. The van der Waals surface area contributed by atoms with Crippen molar-refractivity contribution < 1.29 is 19.4 Å². The second-order valence-corrected chi connectivity index (χ2v) is 3.97. The molecule has 1 amide bonds. The number of benzene rings is 1. The maximum atomic E-state index is 11.9. The summed E-state index contributed by atoms with van der Waals surface area (Å²) < 4.78 is 5.00. The first-order valence-electron chi connectivity index (χ1n) is 5.86. The van der Waals surface area contributed by atoms with Crippen LogP contribution < -0.4 is 15.6 Å². The molecule has 1 aromatic carbocycles. The Morgan fingerprint density at radius 3 is 2.76 bits per heavy atom. The van der Waals surface area contributed by atoms with Crippen molar-refractivity contribution in [3.63, 3.8) is 0 Å². The number of H-pyrrole nitrogens is 1. The SMILES string of the molecule is O=C(O)COc1cccc(NC(=O)c2ccc(=O)[nH]n2)c1. The van der Waals surface area contributed by atoms with Crippen molar-refractivity contribution in [2.24, 2.45) is 0 Å². The topological polar surface area (TPSA) is 121 Å². The fraction of sp³-hybridized carbons (Fsp3) is 0.0769. The van der Waals surface area contributed by atoms with Gasteiger partial charge < -0.3 is 15.2 Å². The number of hydrogen-bond acceptors (Lipinski definition) is 5. The predicted octanol–water partition coefficient (Wildman–Crippen LogP) is 0.486. The Morgan fingerprint density at radius 2 is 2.10 bits per heavy atom. The fourth-order valence-electron chi connectivity index (χ4n) is 1.47. The second-order valence-electron chi connectivity index (χ2n) is 3.97. The molecule has 0 radical (unpaired) electrons. The average molecular weight is 289 g/mol. The van der Waals surface area contributed by atoms with E-state index in [1.165, 1.54) is 18.2 Å². The van der Waals surface area contributed by atoms with Gasteiger partial charge >= 0.3 is 5.97 Å². The maximum Gasteiger partial charge on any atom is 0.341 e. The summed E-state index contributed by atoms with van der Waals surface area (Å²) in [4.78, 5) is 33.1. The van der Waals surface area contributed by atoms with Gasteiger partial charge in [0.1, 0.15) is 11.4 Å². The molecule has 0 saturated carbocycles. The van der Waals surface area contributed by atoms with E-state index >= 15 is 0 Å². The molecule has 2 rings (SSSR count). The molecule has 0 fully saturated rings. The molecule has 8 heteroatoms. The number of aromatic amines is 1. The number of carboxylic acids is 1. The van der Waals surface area contributed by atoms with E-state index in [0.717, 1.165) is 0 Å². The zero-order valence-corrected chi connectivity index (χ0v) is 10.7. The van der Waals surface area contributed by atoms with E-state index in [2.05, 4.69) is 15.5 Å². The molecule has 0 atom stereocenters. The molecule has 0 aliphatic heterocycles. The summed E-state index contributed by atoms with van der Waals surface area (Å²) in [6.07, 6.45) is 0. The highest BCUT2D eigenvalue weighted by Gasteiger charge is 2.08. The van der Waals surface area contributed by atoms with Crippen LogP contribution in [0, 0.1) is 0 Å². The number of aromatic nitrogens is 2. The average Bonchev–Trinajstić information content (AvgIpc) is 2.46. The predicted molar refractivity (Wildman–Crippen MR) is 72.4 cm³/mol. The van der Waals surface area contributed by atoms with Gasteiger partial charge in [-0.05, 0) is 18.2 Å². The largest absolute Gasteiger partial charge is 0.482 e. The Kier molecular flexibility index (Phi) is 4.30. The summed E-state index contributed by atoms with van der Waals surface area (Å²) in [5.74, 6) is -1.30. The molecule has 0 unspecified atom stereocenters. The van der Waals surface area contributed by atoms with Crippen LogP contribution in [0.15, 0.2) is 41.2 Å². The van der Waals surface area contributed by atoms with Gasteiger partial charge in [-0.2, -0.15) is 5.10 Å². The number of carboxylic acid groups (broad SMARTS) is 1. The van der Waals surface area contributed by atoms with Crippen LogP contribution in [0.25, 0.3) is 0 Å². The van der Waals surface area contributed by atoms with Gasteiger partial charge in [-0.1, -0.05) is 6.07 Å². The smallest absolute Gasteiger partial charge is 0.341 e. The molecule has 0 aliphatic rings. The van der Waals surface area contributed by atoms with E-state index < -0.39 is 24.0 Å². The number of hydrogen-bond donors (Lipinski definition) is 3. The zero-order valence-electron chi connectivity index (χ0n) is 10.7. The Morgan fingerprint density at radius 1 is 1.29 bits per heavy atom. The Bertz CT molecular complexity index is 705. The number of carbonyl (C=O) groups excluding carboxylic acids is 1. The number of ether oxygens (including phenoxy) is 1. The van der Waals surface area contributed by atoms with Crippen LogP contribution in [0.2, 0.25) is 0 Å². The number of nitrogens with one attached hydrogen (secondary N) is 2. The lowest BCUT2D eigenvalue weighted by Crippen LogP contribution is -2.17. The normalized spacial score (nSPS) is 9.90. The van der Waals surface area contributed by atoms with Crippen LogP contribution in [0.3, 0.4) is 0 Å². The van der Waals surface area contributed by atoms with Crippen LogP contribution in [0.4, 0.5) is 5.69 Å². The number of rotatable bonds is 5. The third-order valence-corrected chi connectivity index (χ3v) is 2.37. The molecule has 2 aromatic rings. The van der Waals surface area contributed by atoms with E-state index in [1.807, 2.05) is 0 Å². The minimum Gasteiger partial charge on any atom is -0.482 e. The number of amides is 1. The second kappa shape index (κ2) is 6.33. The van der Waals surface area contributed by atoms with Gasteiger partial charge in [-0.3, -0.25) is 9.59 Å². The Labute approximate surface area is 118 Å². The lowest BCUT2D eigenvalue weighted by molar-refractivity contribution is -0.139. The van der Waals surface area contributed by atoms with Gasteiger partial charge in [0.15, 0.2) is 6.61 Å². The molecular formula is C13H11N3O5. The summed E-state index contributed by atoms with van der Waals surface area (Å²) in [6, 6.07) is 8.74. The van der Waals surface area contributed by atoms with Gasteiger partial charge in [0.2, 0.25) is 0 Å². The van der Waals surface area contributed by atoms with Crippen molar-refractivity contribution in [1.82, 2.24) is 10.2 Å². The van der Waals surface area contributed by atoms with Crippen LogP contribution in [0.1, 0.15) is 10.5 Å². The van der Waals surface area contributed by atoms with Crippen molar-refractivity contribution in [3.05, 3.63) is 52.4 Å². The van der Waals surface area contributed by atoms with Crippen LogP contribution >= 0.6 is 0 Å². The number of carbonyl (C=O) groups is 2. The molecule has 1 aromatic heterocycles. The first kappa shape index (κ1) is 14.3. The highest BCUT2D eigenvalue weighted by Crippen LogP contribution is 2.17. The van der Waals surface area contributed by atoms with Crippen molar-refractivity contribution in [1.29, 1.82) is 0 Å². The monoisotopic (exact) mass is 289 g/mol. The highest BCUT2D eigenvalue weighted by atomic mass is 16.5. The van der Waals surface area contributed by atoms with E-state index in [0.29, 0.717) is 11.4 Å². The van der Waals surface area contributed by atoms with Crippen LogP contribution in [0.5, 0.6) is 5.75 Å². The van der Waals surface area contributed by atoms with Crippen molar-refractivity contribution >= 4 is 17.6 Å². The van der Waals surface area contributed by atoms with Gasteiger partial charge in [0.25, 0.3) is 11.5 Å². The third-order valence-electron chi connectivity index (χ3n) is 2.37. The van der Waals surface area contributed by atoms with Crippen molar-refractivity contribution in [2.45, 2.75) is 0 Å². The van der Waals surface area contributed by atoms with Crippen molar-refractivity contribution in [2.75, 3.05) is 11.9 Å². The lowest BCUT2D eigenvalue weighted by Gasteiger charge is -2.07. The summed E-state index contributed by atoms with van der Waals surface area (Å²) in [6.45, 7) is -0.473. The first-order valence-corrected chi connectivity index (χ1v) is 5.86.